The van der Waals surface area contributed by atoms with Crippen LogP contribution in [-0.4, -0.2) is 16.0 Å². The van der Waals surface area contributed by atoms with E-state index >= 15 is 0 Å². The number of fused-ring (bicyclic) bond motifs is 3. The van der Waals surface area contributed by atoms with Crippen molar-refractivity contribution in [1.82, 2.24) is 10.2 Å². The number of aromatic nitrogens is 2. The van der Waals surface area contributed by atoms with Crippen molar-refractivity contribution in [3.8, 4) is 0 Å². The van der Waals surface area contributed by atoms with Crippen LogP contribution in [0.3, 0.4) is 0 Å². The Morgan fingerprint density at radius 1 is 1.67 bits per heavy atom. The molecule has 5 heteroatoms. The molecule has 80 valence electrons. The highest BCUT2D eigenvalue weighted by Gasteiger charge is 2.66. The number of aromatic amines is 1. The number of carbonyl (C=O) groups excluding carboxylic acids is 1. The molecule has 1 saturated carbocycles. The monoisotopic (exact) mass is 212 g/mol. The van der Waals surface area contributed by atoms with E-state index in [-0.39, 0.29) is 23.1 Å². The molecule has 0 radical (unpaired) electrons. The first-order valence-corrected chi connectivity index (χ1v) is 5.07. The third-order valence-electron chi connectivity index (χ3n) is 3.35. The van der Waals surface area contributed by atoms with Crippen molar-refractivity contribution >= 4 is 5.78 Å². The molecule has 2 aliphatic carbocycles. The Morgan fingerprint density at radius 3 is 3.07 bits per heavy atom. The van der Waals surface area contributed by atoms with E-state index in [0.29, 0.717) is 18.4 Å². The van der Waals surface area contributed by atoms with Crippen LogP contribution in [0.2, 0.25) is 0 Å². The average molecular weight is 212 g/mol. The number of rotatable bonds is 2. The molecular weight excluding hydrogens is 202 g/mol. The number of carbonyl (C=O) groups is 1. The van der Waals surface area contributed by atoms with Gasteiger partial charge in [0, 0.05) is 17.9 Å². The van der Waals surface area contributed by atoms with E-state index in [1.165, 1.54) is 0 Å². The predicted molar refractivity (Wildman–Crippen MR) is 48.0 cm³/mol. The van der Waals surface area contributed by atoms with E-state index < -0.39 is 11.8 Å². The van der Waals surface area contributed by atoms with E-state index in [9.17, 15) is 13.6 Å². The van der Waals surface area contributed by atoms with Gasteiger partial charge in [0.1, 0.15) is 11.4 Å². The Kier molecular flexibility index (Phi) is 1.47. The Balaban J connectivity index is 2.14. The van der Waals surface area contributed by atoms with Gasteiger partial charge in [-0.25, -0.2) is 0 Å². The van der Waals surface area contributed by atoms with Crippen LogP contribution in [0.25, 0.3) is 0 Å². The number of H-pyrrole nitrogens is 1. The fourth-order valence-corrected chi connectivity index (χ4v) is 2.45. The maximum absolute atomic E-state index is 13.6. The lowest BCUT2D eigenvalue weighted by atomic mass is 10.1. The Morgan fingerprint density at radius 2 is 2.40 bits per heavy atom. The van der Waals surface area contributed by atoms with Crippen molar-refractivity contribution in [2.24, 2.45) is 5.92 Å². The van der Waals surface area contributed by atoms with Crippen LogP contribution in [0.1, 0.15) is 47.4 Å². The highest BCUT2D eigenvalue weighted by atomic mass is 19.3. The summed E-state index contributed by atoms with van der Waals surface area (Å²) in [5, 5.41) is 6.06. The zero-order valence-corrected chi connectivity index (χ0v) is 8.18. The summed E-state index contributed by atoms with van der Waals surface area (Å²) >= 11 is 0. The van der Waals surface area contributed by atoms with Gasteiger partial charge in [0.25, 0.3) is 5.92 Å². The van der Waals surface area contributed by atoms with Crippen LogP contribution >= 0.6 is 0 Å². The van der Waals surface area contributed by atoms with Gasteiger partial charge < -0.3 is 0 Å². The molecule has 0 aliphatic heterocycles. The SMILES string of the molecule is CCC(=O)c1n[nH]c2c1[C@H]1C[C@H]1C2(F)F. The van der Waals surface area contributed by atoms with E-state index in [4.69, 9.17) is 0 Å². The lowest BCUT2D eigenvalue weighted by Crippen LogP contribution is -2.14. The number of halogens is 2. The van der Waals surface area contributed by atoms with E-state index in [1.54, 1.807) is 6.92 Å². The lowest BCUT2D eigenvalue weighted by Gasteiger charge is -2.09. The summed E-state index contributed by atoms with van der Waals surface area (Å²) in [5.74, 6) is -3.69. The molecule has 0 bridgehead atoms. The minimum atomic E-state index is -2.81. The molecule has 0 amide bonds. The first-order valence-electron chi connectivity index (χ1n) is 5.07. The molecule has 0 spiro atoms. The summed E-state index contributed by atoms with van der Waals surface area (Å²) in [6, 6.07) is 0. The number of nitrogens with one attached hydrogen (secondary N) is 1. The van der Waals surface area contributed by atoms with E-state index in [1.807, 2.05) is 0 Å². The molecule has 15 heavy (non-hydrogen) atoms. The highest BCUT2D eigenvalue weighted by Crippen LogP contribution is 2.67. The van der Waals surface area contributed by atoms with Gasteiger partial charge in [0.05, 0.1) is 0 Å². The number of Topliss-reactive ketones (excluding diaryl/α,β-unsaturated/α-hetero) is 1. The van der Waals surface area contributed by atoms with Gasteiger partial charge in [-0.1, -0.05) is 6.92 Å². The Labute approximate surface area is 84.9 Å². The van der Waals surface area contributed by atoms with Crippen molar-refractivity contribution in [2.45, 2.75) is 31.6 Å². The van der Waals surface area contributed by atoms with Gasteiger partial charge in [0.15, 0.2) is 5.78 Å². The fraction of sp³-hybridized carbons (Fsp3) is 0.600. The van der Waals surface area contributed by atoms with E-state index in [0.717, 1.165) is 0 Å². The third-order valence-corrected chi connectivity index (χ3v) is 3.35. The van der Waals surface area contributed by atoms with Crippen LogP contribution in [0.15, 0.2) is 0 Å². The zero-order valence-electron chi connectivity index (χ0n) is 8.18. The normalized spacial score (nSPS) is 29.8. The maximum atomic E-state index is 13.6. The molecule has 3 rings (SSSR count). The maximum Gasteiger partial charge on any atom is 0.292 e. The first-order chi connectivity index (χ1) is 7.07. The minimum Gasteiger partial charge on any atom is -0.292 e. The second kappa shape index (κ2) is 2.46. The minimum absolute atomic E-state index is 0.124. The van der Waals surface area contributed by atoms with E-state index in [2.05, 4.69) is 10.2 Å². The Hall–Kier alpha value is -1.26. The topological polar surface area (TPSA) is 45.8 Å². The van der Waals surface area contributed by atoms with Crippen LogP contribution in [0.5, 0.6) is 0 Å². The van der Waals surface area contributed by atoms with Gasteiger partial charge >= 0.3 is 0 Å². The molecule has 3 nitrogen and oxygen atoms in total. The van der Waals surface area contributed by atoms with Crippen LogP contribution < -0.4 is 0 Å². The molecule has 2 aliphatic rings. The van der Waals surface area contributed by atoms with Crippen LogP contribution in [0, 0.1) is 5.92 Å². The van der Waals surface area contributed by atoms with Gasteiger partial charge in [-0.2, -0.15) is 13.9 Å². The zero-order chi connectivity index (χ0) is 10.8. The molecule has 1 heterocycles. The largest absolute Gasteiger partial charge is 0.292 e. The molecule has 1 fully saturated rings. The molecule has 2 atom stereocenters. The molecule has 1 aromatic heterocycles. The summed E-state index contributed by atoms with van der Waals surface area (Å²) in [6.45, 7) is 1.71. The molecule has 1 N–H and O–H groups in total. The molecule has 0 saturated heterocycles. The molecule has 0 unspecified atom stereocenters. The third kappa shape index (κ3) is 0.931. The lowest BCUT2D eigenvalue weighted by molar-refractivity contribution is -0.0268. The van der Waals surface area contributed by atoms with Crippen molar-refractivity contribution in [3.05, 3.63) is 17.0 Å². The van der Waals surface area contributed by atoms with Gasteiger partial charge in [-0.05, 0) is 12.3 Å². The van der Waals surface area contributed by atoms with Crippen molar-refractivity contribution in [1.29, 1.82) is 0 Å². The van der Waals surface area contributed by atoms with Crippen molar-refractivity contribution < 1.29 is 13.6 Å². The number of ketones is 1. The van der Waals surface area contributed by atoms with Gasteiger partial charge in [-0.3, -0.25) is 9.89 Å². The number of nitrogens with zero attached hydrogens (tertiary/aromatic N) is 1. The second-order valence-corrected chi connectivity index (χ2v) is 4.21. The van der Waals surface area contributed by atoms with Gasteiger partial charge in [-0.15, -0.1) is 0 Å². The van der Waals surface area contributed by atoms with Crippen molar-refractivity contribution in [3.63, 3.8) is 0 Å². The number of hydrogen-bond acceptors (Lipinski definition) is 2. The predicted octanol–water partition coefficient (Wildman–Crippen LogP) is 2.21. The summed E-state index contributed by atoms with van der Waals surface area (Å²) in [7, 11) is 0. The summed E-state index contributed by atoms with van der Waals surface area (Å²) in [4.78, 5) is 11.5. The molecular formula is C10H10F2N2O. The first kappa shape index (κ1) is 9.00. The summed E-state index contributed by atoms with van der Waals surface area (Å²) < 4.78 is 27.1. The standard InChI is InChI=1S/C10H10F2N2O/c1-2-6(15)8-7-4-3-5(4)10(11,12)9(7)14-13-8/h4-5H,2-3H2,1H3,(H,13,14)/t4-,5+/m0/s1. The fourth-order valence-electron chi connectivity index (χ4n) is 2.45. The van der Waals surface area contributed by atoms with Crippen LogP contribution in [0.4, 0.5) is 8.78 Å². The summed E-state index contributed by atoms with van der Waals surface area (Å²) in [6.07, 6.45) is 0.795. The van der Waals surface area contributed by atoms with Gasteiger partial charge in [0.2, 0.25) is 0 Å². The second-order valence-electron chi connectivity index (χ2n) is 4.21. The quantitative estimate of drug-likeness (QED) is 0.764. The van der Waals surface area contributed by atoms with Crippen molar-refractivity contribution in [2.75, 3.05) is 0 Å². The smallest absolute Gasteiger partial charge is 0.292 e. The van der Waals surface area contributed by atoms with Crippen LogP contribution in [-0.2, 0) is 5.92 Å². The molecule has 1 aromatic rings. The average Bonchev–Trinajstić information content (AvgIpc) is 2.82. The molecule has 0 aromatic carbocycles. The summed E-state index contributed by atoms with van der Waals surface area (Å²) in [5.41, 5.74) is 0.592. The number of alkyl halides is 2. The Bertz CT molecular complexity index is 452. The number of hydrogen-bond donors (Lipinski definition) is 1. The highest BCUT2D eigenvalue weighted by molar-refractivity contribution is 5.96.